The van der Waals surface area contributed by atoms with Crippen LogP contribution in [0.25, 0.3) is 10.9 Å². The lowest BCUT2D eigenvalue weighted by Gasteiger charge is -2.36. The van der Waals surface area contributed by atoms with Crippen molar-refractivity contribution in [3.63, 3.8) is 0 Å². The van der Waals surface area contributed by atoms with Gasteiger partial charge in [-0.25, -0.2) is 9.78 Å². The van der Waals surface area contributed by atoms with Gasteiger partial charge in [-0.2, -0.15) is 13.2 Å². The molecule has 0 spiro atoms. The average molecular weight is 483 g/mol. The zero-order chi connectivity index (χ0) is 24.3. The molecule has 11 heteroatoms. The number of para-hydroxylation sites is 1. The lowest BCUT2D eigenvalue weighted by atomic mass is 10.00. The van der Waals surface area contributed by atoms with E-state index in [0.717, 1.165) is 22.5 Å². The molecule has 0 unspecified atom stereocenters. The van der Waals surface area contributed by atoms with E-state index in [4.69, 9.17) is 16.3 Å². The Morgan fingerprint density at radius 3 is 2.55 bits per heavy atom. The summed E-state index contributed by atoms with van der Waals surface area (Å²) >= 11 is 5.91. The van der Waals surface area contributed by atoms with Crippen molar-refractivity contribution in [1.29, 1.82) is 0 Å². The number of benzene rings is 1. The van der Waals surface area contributed by atoms with Crippen LogP contribution in [0.15, 0.2) is 41.3 Å². The number of carbonyl (C=O) groups excluding carboxylic acids is 1. The summed E-state index contributed by atoms with van der Waals surface area (Å²) in [6, 6.07) is 7.83. The summed E-state index contributed by atoms with van der Waals surface area (Å²) in [7, 11) is 0. The molecule has 2 aromatic heterocycles. The lowest BCUT2D eigenvalue weighted by molar-refractivity contribution is -0.182. The molecule has 4 rings (SSSR count). The highest BCUT2D eigenvalue weighted by Crippen LogP contribution is 2.44. The third kappa shape index (κ3) is 3.96. The number of alkyl halides is 3. The normalized spacial score (nSPS) is 18.6. The molecule has 0 saturated heterocycles. The van der Waals surface area contributed by atoms with Gasteiger partial charge in [-0.15, -0.1) is 0 Å². The summed E-state index contributed by atoms with van der Waals surface area (Å²) in [5.74, 6) is -0.179. The Kier molecular flexibility index (Phi) is 5.27. The Morgan fingerprint density at radius 1 is 1.24 bits per heavy atom. The van der Waals surface area contributed by atoms with Gasteiger partial charge in [0.05, 0.1) is 12.1 Å². The lowest BCUT2D eigenvalue weighted by Crippen LogP contribution is -2.55. The average Bonchev–Trinajstić information content (AvgIpc) is 3.18. The topological polar surface area (TPSA) is 69.4 Å². The number of anilines is 1. The highest BCUT2D eigenvalue weighted by Gasteiger charge is 2.60. The maximum Gasteiger partial charge on any atom is 0.419 e. The van der Waals surface area contributed by atoms with E-state index in [1.54, 1.807) is 45.0 Å². The quantitative estimate of drug-likeness (QED) is 0.482. The second kappa shape index (κ2) is 7.51. The summed E-state index contributed by atoms with van der Waals surface area (Å²) in [6.07, 6.45) is -3.87. The molecular formula is C22H22ClF3N4O3. The minimum absolute atomic E-state index is 0.179. The van der Waals surface area contributed by atoms with Gasteiger partial charge in [0, 0.05) is 24.2 Å². The maximum atomic E-state index is 14.2. The molecule has 0 aliphatic carbocycles. The van der Waals surface area contributed by atoms with Crippen molar-refractivity contribution < 1.29 is 22.7 Å². The van der Waals surface area contributed by atoms with E-state index in [1.807, 2.05) is 0 Å². The van der Waals surface area contributed by atoms with E-state index in [2.05, 4.69) is 4.98 Å². The van der Waals surface area contributed by atoms with E-state index in [1.165, 1.54) is 10.8 Å². The van der Waals surface area contributed by atoms with Gasteiger partial charge in [0.15, 0.2) is 5.54 Å². The van der Waals surface area contributed by atoms with Crippen LogP contribution in [-0.4, -0.2) is 37.5 Å². The summed E-state index contributed by atoms with van der Waals surface area (Å²) in [4.78, 5) is 30.2. The molecule has 3 aromatic rings. The number of nitrogens with zero attached hydrogens (tertiary/aromatic N) is 4. The number of carbonyl (C=O) groups is 1. The van der Waals surface area contributed by atoms with Gasteiger partial charge in [0.25, 0.3) is 5.56 Å². The van der Waals surface area contributed by atoms with E-state index in [-0.39, 0.29) is 17.6 Å². The Labute approximate surface area is 192 Å². The first-order chi connectivity index (χ1) is 15.2. The van der Waals surface area contributed by atoms with Crippen LogP contribution in [0, 0.1) is 0 Å². The van der Waals surface area contributed by atoms with Crippen LogP contribution in [0.3, 0.4) is 0 Å². The van der Waals surface area contributed by atoms with Gasteiger partial charge in [0.2, 0.25) is 5.95 Å². The van der Waals surface area contributed by atoms with Crippen LogP contribution in [-0.2, 0) is 17.8 Å². The standard InChI is InChI=1S/C22H22ClF3N4O3/c1-20(2,3)33-19(32)28-10-13(14-7-5-6-8-15(14)28)11-30-18-27-16(23)9-17(31)29(18)12-21(30,4)22(24,25)26/h5-10H,11-12H2,1-4H3/t21-/m0/s1. The van der Waals surface area contributed by atoms with Gasteiger partial charge >= 0.3 is 12.3 Å². The van der Waals surface area contributed by atoms with E-state index < -0.39 is 35.5 Å². The minimum atomic E-state index is -4.68. The van der Waals surface area contributed by atoms with Crippen molar-refractivity contribution >= 4 is 34.5 Å². The van der Waals surface area contributed by atoms with E-state index in [0.29, 0.717) is 16.5 Å². The Hall–Kier alpha value is -3.01. The van der Waals surface area contributed by atoms with Crippen LogP contribution in [0.1, 0.15) is 33.3 Å². The Morgan fingerprint density at radius 2 is 1.91 bits per heavy atom. The molecule has 0 saturated carbocycles. The van der Waals surface area contributed by atoms with E-state index in [9.17, 15) is 22.8 Å². The first kappa shape index (κ1) is 23.2. The van der Waals surface area contributed by atoms with Crippen LogP contribution >= 0.6 is 11.6 Å². The fraction of sp³-hybridized carbons (Fsp3) is 0.409. The second-order valence-electron chi connectivity index (χ2n) is 9.18. The zero-order valence-corrected chi connectivity index (χ0v) is 19.2. The van der Waals surface area contributed by atoms with Crippen LogP contribution in [0.2, 0.25) is 5.15 Å². The number of rotatable bonds is 2. The number of ether oxygens (including phenoxy) is 1. The molecule has 1 atom stereocenters. The number of hydrogen-bond acceptors (Lipinski definition) is 5. The fourth-order valence-electron chi connectivity index (χ4n) is 3.93. The molecule has 0 radical (unpaired) electrons. The van der Waals surface area contributed by atoms with Crippen LogP contribution < -0.4 is 10.5 Å². The minimum Gasteiger partial charge on any atom is -0.443 e. The maximum absolute atomic E-state index is 14.2. The predicted octanol–water partition coefficient (Wildman–Crippen LogP) is 4.98. The molecule has 0 bridgehead atoms. The summed E-state index contributed by atoms with van der Waals surface area (Å²) < 4.78 is 50.4. The molecule has 33 heavy (non-hydrogen) atoms. The largest absolute Gasteiger partial charge is 0.443 e. The number of aromatic nitrogens is 3. The highest BCUT2D eigenvalue weighted by molar-refractivity contribution is 6.29. The fourth-order valence-corrected chi connectivity index (χ4v) is 4.10. The first-order valence-corrected chi connectivity index (χ1v) is 10.5. The molecule has 1 aliphatic rings. The molecule has 7 nitrogen and oxygen atoms in total. The molecule has 0 N–H and O–H groups in total. The number of fused-ring (bicyclic) bond motifs is 2. The zero-order valence-electron chi connectivity index (χ0n) is 18.4. The van der Waals surface area contributed by atoms with Crippen LogP contribution in [0.4, 0.5) is 23.9 Å². The SMILES string of the molecule is CC(C)(C)OC(=O)n1cc(CN2c3nc(Cl)cc(=O)n3C[C@@]2(C)C(F)(F)F)c2ccccc21. The number of hydrogen-bond donors (Lipinski definition) is 0. The first-order valence-electron chi connectivity index (χ1n) is 10.2. The van der Waals surface area contributed by atoms with Gasteiger partial charge in [-0.05, 0) is 39.3 Å². The third-order valence-electron chi connectivity index (χ3n) is 5.58. The molecule has 176 valence electrons. The molecule has 1 aromatic carbocycles. The molecule has 1 aliphatic heterocycles. The van der Waals surface area contributed by atoms with Crippen LogP contribution in [0.5, 0.6) is 0 Å². The Balaban J connectivity index is 1.85. The number of halogens is 4. The summed E-state index contributed by atoms with van der Waals surface area (Å²) in [6.45, 7) is 5.29. The molecular weight excluding hydrogens is 461 g/mol. The van der Waals surface area contributed by atoms with Crippen molar-refractivity contribution in [1.82, 2.24) is 14.1 Å². The second-order valence-corrected chi connectivity index (χ2v) is 9.57. The van der Waals surface area contributed by atoms with Crippen molar-refractivity contribution in [3.8, 4) is 0 Å². The Bertz CT molecular complexity index is 1310. The van der Waals surface area contributed by atoms with Crippen molar-refractivity contribution in [2.75, 3.05) is 4.90 Å². The molecule has 0 amide bonds. The summed E-state index contributed by atoms with van der Waals surface area (Å²) in [5, 5.41) is 0.384. The third-order valence-corrected chi connectivity index (χ3v) is 5.78. The molecule has 3 heterocycles. The van der Waals surface area contributed by atoms with Gasteiger partial charge in [-0.1, -0.05) is 29.8 Å². The van der Waals surface area contributed by atoms with Crippen molar-refractivity contribution in [2.24, 2.45) is 0 Å². The highest BCUT2D eigenvalue weighted by atomic mass is 35.5. The predicted molar refractivity (Wildman–Crippen MR) is 118 cm³/mol. The van der Waals surface area contributed by atoms with Crippen molar-refractivity contribution in [2.45, 2.75) is 58.1 Å². The van der Waals surface area contributed by atoms with Crippen molar-refractivity contribution in [3.05, 3.63) is 57.6 Å². The summed E-state index contributed by atoms with van der Waals surface area (Å²) in [5.41, 5.74) is -2.90. The van der Waals surface area contributed by atoms with Gasteiger partial charge in [-0.3, -0.25) is 13.9 Å². The monoisotopic (exact) mass is 482 g/mol. The van der Waals surface area contributed by atoms with Gasteiger partial charge in [0.1, 0.15) is 10.8 Å². The molecule has 0 fully saturated rings. The smallest absolute Gasteiger partial charge is 0.419 e. The van der Waals surface area contributed by atoms with E-state index >= 15 is 0 Å². The van der Waals surface area contributed by atoms with Gasteiger partial charge < -0.3 is 9.64 Å².